The van der Waals surface area contributed by atoms with E-state index in [0.29, 0.717) is 11.2 Å². The Kier molecular flexibility index (Phi) is 4.36. The van der Waals surface area contributed by atoms with E-state index in [-0.39, 0.29) is 0 Å². The fourth-order valence-corrected chi connectivity index (χ4v) is 1.55. The SMILES string of the molecule is Cc1cccc(CNCCC(C)(C)C)c1O. The molecule has 0 aromatic heterocycles. The summed E-state index contributed by atoms with van der Waals surface area (Å²) in [5.74, 6) is 0.422. The minimum Gasteiger partial charge on any atom is -0.507 e. The average molecular weight is 221 g/mol. The minimum atomic E-state index is 0.363. The highest BCUT2D eigenvalue weighted by atomic mass is 16.3. The monoisotopic (exact) mass is 221 g/mol. The molecule has 0 bridgehead atoms. The summed E-state index contributed by atoms with van der Waals surface area (Å²) in [5, 5.41) is 13.2. The van der Waals surface area contributed by atoms with Gasteiger partial charge in [-0.25, -0.2) is 0 Å². The third-order valence-corrected chi connectivity index (χ3v) is 2.69. The molecule has 0 atom stereocenters. The molecule has 1 rings (SSSR count). The summed E-state index contributed by atoms with van der Waals surface area (Å²) >= 11 is 0. The predicted octanol–water partition coefficient (Wildman–Crippen LogP) is 3.23. The van der Waals surface area contributed by atoms with E-state index in [0.717, 1.165) is 30.6 Å². The van der Waals surface area contributed by atoms with Crippen LogP contribution in [0.3, 0.4) is 0 Å². The van der Waals surface area contributed by atoms with Gasteiger partial charge in [0, 0.05) is 12.1 Å². The maximum atomic E-state index is 9.82. The lowest BCUT2D eigenvalue weighted by Gasteiger charge is -2.18. The van der Waals surface area contributed by atoms with Crippen LogP contribution < -0.4 is 5.32 Å². The lowest BCUT2D eigenvalue weighted by Crippen LogP contribution is -2.20. The van der Waals surface area contributed by atoms with E-state index in [2.05, 4.69) is 26.1 Å². The van der Waals surface area contributed by atoms with Gasteiger partial charge in [0.05, 0.1) is 0 Å². The molecule has 2 nitrogen and oxygen atoms in total. The van der Waals surface area contributed by atoms with Gasteiger partial charge in [-0.15, -0.1) is 0 Å². The standard InChI is InChI=1S/C14H23NO/c1-11-6-5-7-12(13(11)16)10-15-9-8-14(2,3)4/h5-7,15-16H,8-10H2,1-4H3. The Bertz CT molecular complexity index is 339. The smallest absolute Gasteiger partial charge is 0.122 e. The average Bonchev–Trinajstić information content (AvgIpc) is 2.17. The molecular formula is C14H23NO. The highest BCUT2D eigenvalue weighted by Crippen LogP contribution is 2.21. The van der Waals surface area contributed by atoms with Crippen molar-refractivity contribution in [2.24, 2.45) is 5.41 Å². The molecule has 1 aromatic rings. The number of hydrogen-bond acceptors (Lipinski definition) is 2. The second-order valence-corrected chi connectivity index (χ2v) is 5.57. The van der Waals surface area contributed by atoms with Crippen LogP contribution >= 0.6 is 0 Å². The lowest BCUT2D eigenvalue weighted by molar-refractivity contribution is 0.365. The molecule has 0 fully saturated rings. The number of aryl methyl sites for hydroxylation is 1. The zero-order valence-corrected chi connectivity index (χ0v) is 10.8. The van der Waals surface area contributed by atoms with Crippen LogP contribution in [0.4, 0.5) is 0 Å². The van der Waals surface area contributed by atoms with Crippen molar-refractivity contribution in [2.75, 3.05) is 6.54 Å². The van der Waals surface area contributed by atoms with E-state index in [4.69, 9.17) is 0 Å². The summed E-state index contributed by atoms with van der Waals surface area (Å²) in [5.41, 5.74) is 2.28. The molecule has 16 heavy (non-hydrogen) atoms. The summed E-state index contributed by atoms with van der Waals surface area (Å²) in [6, 6.07) is 5.87. The molecule has 0 heterocycles. The van der Waals surface area contributed by atoms with Gasteiger partial charge in [0.2, 0.25) is 0 Å². The Balaban J connectivity index is 2.41. The summed E-state index contributed by atoms with van der Waals surface area (Å²) in [4.78, 5) is 0. The van der Waals surface area contributed by atoms with Crippen molar-refractivity contribution in [1.82, 2.24) is 5.32 Å². The molecule has 0 spiro atoms. The van der Waals surface area contributed by atoms with E-state index in [1.165, 1.54) is 0 Å². The summed E-state index contributed by atoms with van der Waals surface area (Å²) in [6.45, 7) is 10.4. The van der Waals surface area contributed by atoms with Crippen LogP contribution in [0.25, 0.3) is 0 Å². The number of phenolic OH excluding ortho intramolecular Hbond substituents is 1. The Morgan fingerprint density at radius 2 is 1.94 bits per heavy atom. The van der Waals surface area contributed by atoms with Crippen LogP contribution in [0.15, 0.2) is 18.2 Å². The van der Waals surface area contributed by atoms with Gasteiger partial charge in [0.15, 0.2) is 0 Å². The molecule has 0 amide bonds. The van der Waals surface area contributed by atoms with E-state index in [9.17, 15) is 5.11 Å². The molecule has 0 saturated carbocycles. The highest BCUT2D eigenvalue weighted by Gasteiger charge is 2.09. The Morgan fingerprint density at radius 3 is 2.56 bits per heavy atom. The zero-order chi connectivity index (χ0) is 12.2. The van der Waals surface area contributed by atoms with Gasteiger partial charge in [0.25, 0.3) is 0 Å². The molecule has 90 valence electrons. The molecular weight excluding hydrogens is 198 g/mol. The lowest BCUT2D eigenvalue weighted by atomic mass is 9.92. The third-order valence-electron chi connectivity index (χ3n) is 2.69. The Hall–Kier alpha value is -1.02. The van der Waals surface area contributed by atoms with Crippen molar-refractivity contribution in [3.63, 3.8) is 0 Å². The van der Waals surface area contributed by atoms with Gasteiger partial charge in [-0.1, -0.05) is 39.0 Å². The fourth-order valence-electron chi connectivity index (χ4n) is 1.55. The molecule has 2 heteroatoms. The summed E-state index contributed by atoms with van der Waals surface area (Å²) in [7, 11) is 0. The van der Waals surface area contributed by atoms with Crippen LogP contribution in [0.2, 0.25) is 0 Å². The number of para-hydroxylation sites is 1. The molecule has 0 radical (unpaired) electrons. The maximum absolute atomic E-state index is 9.82. The maximum Gasteiger partial charge on any atom is 0.122 e. The van der Waals surface area contributed by atoms with Gasteiger partial charge in [-0.05, 0) is 30.9 Å². The number of hydrogen-bond donors (Lipinski definition) is 2. The predicted molar refractivity (Wildman–Crippen MR) is 68.6 cm³/mol. The Labute approximate surface area is 98.7 Å². The molecule has 1 aromatic carbocycles. The van der Waals surface area contributed by atoms with Crippen molar-refractivity contribution < 1.29 is 5.11 Å². The highest BCUT2D eigenvalue weighted by molar-refractivity contribution is 5.39. The van der Waals surface area contributed by atoms with Crippen LogP contribution in [0.5, 0.6) is 5.75 Å². The van der Waals surface area contributed by atoms with Crippen molar-refractivity contribution in [1.29, 1.82) is 0 Å². The van der Waals surface area contributed by atoms with E-state index >= 15 is 0 Å². The van der Waals surface area contributed by atoms with Crippen LogP contribution in [-0.4, -0.2) is 11.7 Å². The number of aromatic hydroxyl groups is 1. The quantitative estimate of drug-likeness (QED) is 0.765. The second-order valence-electron chi connectivity index (χ2n) is 5.57. The van der Waals surface area contributed by atoms with Crippen LogP contribution in [-0.2, 0) is 6.54 Å². The van der Waals surface area contributed by atoms with Gasteiger partial charge in [-0.3, -0.25) is 0 Å². The van der Waals surface area contributed by atoms with Crippen molar-refractivity contribution in [3.05, 3.63) is 29.3 Å². The number of benzene rings is 1. The first kappa shape index (κ1) is 13.0. The van der Waals surface area contributed by atoms with E-state index < -0.39 is 0 Å². The van der Waals surface area contributed by atoms with Crippen LogP contribution in [0.1, 0.15) is 38.3 Å². The van der Waals surface area contributed by atoms with Gasteiger partial charge >= 0.3 is 0 Å². The molecule has 0 aliphatic carbocycles. The first-order valence-electron chi connectivity index (χ1n) is 5.88. The number of nitrogens with one attached hydrogen (secondary N) is 1. The van der Waals surface area contributed by atoms with E-state index in [1.54, 1.807) is 0 Å². The Morgan fingerprint density at radius 1 is 1.25 bits per heavy atom. The minimum absolute atomic E-state index is 0.363. The van der Waals surface area contributed by atoms with Crippen molar-refractivity contribution in [3.8, 4) is 5.75 Å². The number of phenols is 1. The molecule has 0 aliphatic heterocycles. The van der Waals surface area contributed by atoms with Crippen molar-refractivity contribution >= 4 is 0 Å². The van der Waals surface area contributed by atoms with Gasteiger partial charge < -0.3 is 10.4 Å². The van der Waals surface area contributed by atoms with Crippen LogP contribution in [0, 0.1) is 12.3 Å². The molecule has 2 N–H and O–H groups in total. The molecule has 0 unspecified atom stereocenters. The first-order chi connectivity index (χ1) is 7.40. The largest absolute Gasteiger partial charge is 0.507 e. The normalized spacial score (nSPS) is 11.8. The molecule has 0 saturated heterocycles. The summed E-state index contributed by atoms with van der Waals surface area (Å²) < 4.78 is 0. The fraction of sp³-hybridized carbons (Fsp3) is 0.571. The zero-order valence-electron chi connectivity index (χ0n) is 10.8. The molecule has 0 aliphatic rings. The first-order valence-corrected chi connectivity index (χ1v) is 5.88. The van der Waals surface area contributed by atoms with Crippen molar-refractivity contribution in [2.45, 2.75) is 40.7 Å². The second kappa shape index (κ2) is 5.35. The van der Waals surface area contributed by atoms with Gasteiger partial charge in [-0.2, -0.15) is 0 Å². The summed E-state index contributed by atoms with van der Waals surface area (Å²) in [6.07, 6.45) is 1.14. The third kappa shape index (κ3) is 4.23. The number of rotatable bonds is 4. The van der Waals surface area contributed by atoms with E-state index in [1.807, 2.05) is 25.1 Å². The van der Waals surface area contributed by atoms with Gasteiger partial charge in [0.1, 0.15) is 5.75 Å². The topological polar surface area (TPSA) is 32.3 Å².